The second-order valence-electron chi connectivity index (χ2n) is 3.78. The Labute approximate surface area is 100 Å². The highest BCUT2D eigenvalue weighted by Crippen LogP contribution is 2.12. The molecule has 0 spiro atoms. The van der Waals surface area contributed by atoms with Crippen LogP contribution >= 0.6 is 0 Å². The minimum absolute atomic E-state index is 0.271. The molecule has 2 heterocycles. The third-order valence-electron chi connectivity index (χ3n) is 2.21. The zero-order chi connectivity index (χ0) is 12.7. The molecule has 17 heavy (non-hydrogen) atoms. The minimum atomic E-state index is -0.757. The molecular weight excluding hydrogens is 228 g/mol. The zero-order valence-electron chi connectivity index (χ0n) is 9.89. The first-order valence-corrected chi connectivity index (χ1v) is 5.51. The fourth-order valence-corrected chi connectivity index (χ4v) is 0.868. The van der Waals surface area contributed by atoms with Gasteiger partial charge < -0.3 is 14.2 Å². The summed E-state index contributed by atoms with van der Waals surface area (Å²) in [7, 11) is 0. The summed E-state index contributed by atoms with van der Waals surface area (Å²) in [5.41, 5.74) is 0.271. The molecule has 0 aromatic carbocycles. The van der Waals surface area contributed by atoms with Gasteiger partial charge in [0.25, 0.3) is 0 Å². The minimum Gasteiger partial charge on any atom is -0.376 e. The van der Waals surface area contributed by atoms with Crippen molar-refractivity contribution in [2.24, 2.45) is 0 Å². The first kappa shape index (κ1) is 14.1. The molecule has 98 valence electrons. The number of ether oxygens (including phenoxy) is 3. The highest BCUT2D eigenvalue weighted by atomic mass is 17.1. The molecule has 2 fully saturated rings. The number of hydrogen-bond acceptors (Lipinski definition) is 6. The van der Waals surface area contributed by atoms with Gasteiger partial charge in [-0.25, -0.2) is 4.79 Å². The Morgan fingerprint density at radius 2 is 1.82 bits per heavy atom. The highest BCUT2D eigenvalue weighted by Gasteiger charge is 2.26. The third kappa shape index (κ3) is 7.06. The van der Waals surface area contributed by atoms with Crippen molar-refractivity contribution in [2.45, 2.75) is 25.6 Å². The normalized spacial score (nSPS) is 24.4. The van der Waals surface area contributed by atoms with Gasteiger partial charge >= 0.3 is 5.97 Å². The average molecular weight is 246 g/mol. The standard InChI is InChI=1S/C6H10O3.C5H8O3/c1(5-3-8-5)7-2-6-4-9-6;1-3-4(2)5(6)8-7/h5-6H,1-4H2;7H,2-3H2,1H3. The van der Waals surface area contributed by atoms with Gasteiger partial charge in [0.2, 0.25) is 0 Å². The molecule has 0 radical (unpaired) electrons. The van der Waals surface area contributed by atoms with Gasteiger partial charge in [0.1, 0.15) is 12.2 Å². The molecule has 6 nitrogen and oxygen atoms in total. The summed E-state index contributed by atoms with van der Waals surface area (Å²) in [4.78, 5) is 13.5. The Balaban J connectivity index is 0.000000172. The van der Waals surface area contributed by atoms with E-state index in [9.17, 15) is 4.79 Å². The molecule has 2 saturated heterocycles. The summed E-state index contributed by atoms with van der Waals surface area (Å²) >= 11 is 0. The summed E-state index contributed by atoms with van der Waals surface area (Å²) in [6, 6.07) is 0. The van der Waals surface area contributed by atoms with Crippen LogP contribution in [0.1, 0.15) is 13.3 Å². The fourth-order valence-electron chi connectivity index (χ4n) is 0.868. The summed E-state index contributed by atoms with van der Waals surface area (Å²) in [5.74, 6) is -0.757. The molecule has 6 heteroatoms. The maximum Gasteiger partial charge on any atom is 0.368 e. The lowest BCUT2D eigenvalue weighted by Gasteiger charge is -1.95. The fraction of sp³-hybridized carbons (Fsp3) is 0.727. The molecule has 2 unspecified atom stereocenters. The molecule has 0 aromatic rings. The van der Waals surface area contributed by atoms with E-state index in [0.717, 1.165) is 26.4 Å². The molecule has 1 N–H and O–H groups in total. The monoisotopic (exact) mass is 246 g/mol. The first-order valence-electron chi connectivity index (χ1n) is 5.51. The summed E-state index contributed by atoms with van der Waals surface area (Å²) < 4.78 is 15.1. The van der Waals surface area contributed by atoms with Crippen molar-refractivity contribution in [3.63, 3.8) is 0 Å². The lowest BCUT2D eigenvalue weighted by molar-refractivity contribution is -0.229. The van der Waals surface area contributed by atoms with Gasteiger partial charge in [-0.2, -0.15) is 5.26 Å². The molecule has 0 aliphatic carbocycles. The highest BCUT2D eigenvalue weighted by molar-refractivity contribution is 5.86. The van der Waals surface area contributed by atoms with E-state index >= 15 is 0 Å². The summed E-state index contributed by atoms with van der Waals surface area (Å²) in [6.07, 6.45) is 1.28. The summed E-state index contributed by atoms with van der Waals surface area (Å²) in [5, 5.41) is 7.73. The lowest BCUT2D eigenvalue weighted by Crippen LogP contribution is -2.06. The van der Waals surface area contributed by atoms with Crippen LogP contribution in [0, 0.1) is 0 Å². The second kappa shape index (κ2) is 7.39. The Hall–Kier alpha value is -0.950. The van der Waals surface area contributed by atoms with Crippen LogP contribution in [0.3, 0.4) is 0 Å². The van der Waals surface area contributed by atoms with Gasteiger partial charge in [-0.15, -0.1) is 0 Å². The molecule has 0 bridgehead atoms. The van der Waals surface area contributed by atoms with Crippen LogP contribution in [0.5, 0.6) is 0 Å². The quantitative estimate of drug-likeness (QED) is 0.323. The van der Waals surface area contributed by atoms with Crippen LogP contribution < -0.4 is 0 Å². The van der Waals surface area contributed by atoms with Gasteiger partial charge in [-0.3, -0.25) is 4.89 Å². The van der Waals surface area contributed by atoms with Crippen LogP contribution in [0.15, 0.2) is 12.2 Å². The van der Waals surface area contributed by atoms with E-state index in [-0.39, 0.29) is 5.57 Å². The maximum atomic E-state index is 10.2. The molecular formula is C11H18O6. The molecule has 0 amide bonds. The molecule has 2 aliphatic heterocycles. The molecule has 2 atom stereocenters. The lowest BCUT2D eigenvalue weighted by atomic mass is 10.2. The molecule has 0 saturated carbocycles. The van der Waals surface area contributed by atoms with Crippen molar-refractivity contribution in [3.8, 4) is 0 Å². The number of rotatable bonds is 6. The molecule has 2 aliphatic rings. The number of carbonyl (C=O) groups is 1. The smallest absolute Gasteiger partial charge is 0.368 e. The third-order valence-corrected chi connectivity index (χ3v) is 2.21. The van der Waals surface area contributed by atoms with Gasteiger partial charge in [0.15, 0.2) is 0 Å². The largest absolute Gasteiger partial charge is 0.376 e. The average Bonchev–Trinajstić information content (AvgIpc) is 3.21. The van der Waals surface area contributed by atoms with E-state index < -0.39 is 5.97 Å². The van der Waals surface area contributed by atoms with Gasteiger partial charge in [0, 0.05) is 5.57 Å². The van der Waals surface area contributed by atoms with Crippen molar-refractivity contribution in [3.05, 3.63) is 12.2 Å². The van der Waals surface area contributed by atoms with Crippen molar-refractivity contribution in [1.29, 1.82) is 0 Å². The number of carbonyl (C=O) groups excluding carboxylic acids is 1. The topological polar surface area (TPSA) is 80.8 Å². The predicted octanol–water partition coefficient (Wildman–Crippen LogP) is 0.769. The van der Waals surface area contributed by atoms with Gasteiger partial charge in [-0.05, 0) is 6.42 Å². The number of epoxide rings is 2. The Bertz CT molecular complexity index is 231. The Morgan fingerprint density at radius 3 is 2.06 bits per heavy atom. The van der Waals surface area contributed by atoms with Crippen molar-refractivity contribution in [1.82, 2.24) is 0 Å². The van der Waals surface area contributed by atoms with Crippen molar-refractivity contribution < 1.29 is 29.1 Å². The predicted molar refractivity (Wildman–Crippen MR) is 58.5 cm³/mol. The van der Waals surface area contributed by atoms with E-state index in [1.165, 1.54) is 0 Å². The van der Waals surface area contributed by atoms with Crippen molar-refractivity contribution in [2.75, 3.05) is 26.4 Å². The maximum absolute atomic E-state index is 10.2. The Kier molecular flexibility index (Phi) is 6.13. The van der Waals surface area contributed by atoms with Crippen LogP contribution in [-0.4, -0.2) is 49.9 Å². The van der Waals surface area contributed by atoms with E-state index in [1.54, 1.807) is 6.92 Å². The van der Waals surface area contributed by atoms with Crippen LogP contribution in [0.2, 0.25) is 0 Å². The van der Waals surface area contributed by atoms with E-state index in [2.05, 4.69) is 11.5 Å². The van der Waals surface area contributed by atoms with Crippen LogP contribution in [0.25, 0.3) is 0 Å². The second-order valence-corrected chi connectivity index (χ2v) is 3.78. The molecule has 0 aromatic heterocycles. The SMILES string of the molecule is C(OCC1CO1)C1CO1.C=C(CC)C(=O)OO. The Morgan fingerprint density at radius 1 is 1.35 bits per heavy atom. The van der Waals surface area contributed by atoms with E-state index in [1.807, 2.05) is 0 Å². The first-order chi connectivity index (χ1) is 8.17. The molecule has 2 rings (SSSR count). The van der Waals surface area contributed by atoms with Crippen LogP contribution in [0.4, 0.5) is 0 Å². The van der Waals surface area contributed by atoms with E-state index in [0.29, 0.717) is 18.6 Å². The zero-order valence-corrected chi connectivity index (χ0v) is 9.89. The van der Waals surface area contributed by atoms with Gasteiger partial charge in [0.05, 0.1) is 26.4 Å². The van der Waals surface area contributed by atoms with Crippen LogP contribution in [-0.2, 0) is 23.9 Å². The van der Waals surface area contributed by atoms with Gasteiger partial charge in [-0.1, -0.05) is 13.5 Å². The number of hydrogen-bond donors (Lipinski definition) is 1. The van der Waals surface area contributed by atoms with E-state index in [4.69, 9.17) is 19.5 Å². The summed E-state index contributed by atoms with van der Waals surface area (Å²) in [6.45, 7) is 8.32. The van der Waals surface area contributed by atoms with Crippen molar-refractivity contribution >= 4 is 5.97 Å².